The fourth-order valence-electron chi connectivity index (χ4n) is 2.21. The molecule has 1 aliphatic heterocycles. The van der Waals surface area contributed by atoms with Gasteiger partial charge in [-0.05, 0) is 24.1 Å². The highest BCUT2D eigenvalue weighted by atomic mass is 79.9. The van der Waals surface area contributed by atoms with Crippen LogP contribution in [-0.4, -0.2) is 31.1 Å². The third kappa shape index (κ3) is 3.30. The zero-order chi connectivity index (χ0) is 13.3. The third-order valence-electron chi connectivity index (χ3n) is 3.26. The lowest BCUT2D eigenvalue weighted by molar-refractivity contribution is 0.119. The summed E-state index contributed by atoms with van der Waals surface area (Å²) < 4.78 is 36.9. The van der Waals surface area contributed by atoms with Crippen molar-refractivity contribution in [1.82, 2.24) is 0 Å². The molecular formula is C12H14BrFO3S. The van der Waals surface area contributed by atoms with E-state index in [2.05, 4.69) is 15.9 Å². The highest BCUT2D eigenvalue weighted by Gasteiger charge is 2.33. The summed E-state index contributed by atoms with van der Waals surface area (Å²) in [6.45, 7) is 0. The summed E-state index contributed by atoms with van der Waals surface area (Å²) in [6, 6.07) is 4.65. The molecule has 0 saturated carbocycles. The summed E-state index contributed by atoms with van der Waals surface area (Å²) >= 11 is 3.16. The summed E-state index contributed by atoms with van der Waals surface area (Å²) in [5.74, 6) is -0.536. The fourth-order valence-corrected chi connectivity index (χ4v) is 4.41. The van der Waals surface area contributed by atoms with E-state index in [-0.39, 0.29) is 29.7 Å². The maximum atomic E-state index is 13.6. The number of aliphatic hydroxyl groups excluding tert-OH is 1. The van der Waals surface area contributed by atoms with Crippen LogP contribution in [0.4, 0.5) is 4.39 Å². The highest BCUT2D eigenvalue weighted by molar-refractivity contribution is 9.10. The number of hydrogen-bond donors (Lipinski definition) is 1. The van der Waals surface area contributed by atoms with Crippen LogP contribution in [-0.2, 0) is 16.3 Å². The van der Waals surface area contributed by atoms with Crippen LogP contribution in [0.5, 0.6) is 0 Å². The largest absolute Gasteiger partial charge is 0.392 e. The van der Waals surface area contributed by atoms with Crippen molar-refractivity contribution in [2.75, 3.05) is 11.5 Å². The molecule has 0 amide bonds. The van der Waals surface area contributed by atoms with E-state index < -0.39 is 15.9 Å². The first-order valence-corrected chi connectivity index (χ1v) is 8.31. The smallest absolute Gasteiger partial charge is 0.150 e. The predicted molar refractivity (Wildman–Crippen MR) is 70.6 cm³/mol. The van der Waals surface area contributed by atoms with Crippen LogP contribution < -0.4 is 0 Å². The highest BCUT2D eigenvalue weighted by Crippen LogP contribution is 2.25. The Hall–Kier alpha value is -0.460. The minimum absolute atomic E-state index is 0.00626. The fraction of sp³-hybridized carbons (Fsp3) is 0.500. The molecule has 0 radical (unpaired) electrons. The van der Waals surface area contributed by atoms with Gasteiger partial charge in [-0.1, -0.05) is 22.0 Å². The van der Waals surface area contributed by atoms with Gasteiger partial charge in [-0.15, -0.1) is 0 Å². The maximum Gasteiger partial charge on any atom is 0.150 e. The van der Waals surface area contributed by atoms with Crippen LogP contribution >= 0.6 is 15.9 Å². The molecule has 1 N–H and O–H groups in total. The number of rotatable bonds is 3. The van der Waals surface area contributed by atoms with Crippen molar-refractivity contribution in [3.8, 4) is 0 Å². The van der Waals surface area contributed by atoms with Gasteiger partial charge >= 0.3 is 0 Å². The molecule has 2 atom stereocenters. The second-order valence-electron chi connectivity index (χ2n) is 4.67. The predicted octanol–water partition coefficient (Wildman–Crippen LogP) is 1.93. The average Bonchev–Trinajstić information content (AvgIpc) is 2.63. The van der Waals surface area contributed by atoms with Gasteiger partial charge in [-0.3, -0.25) is 0 Å². The topological polar surface area (TPSA) is 54.4 Å². The minimum atomic E-state index is -3.01. The Labute approximate surface area is 114 Å². The van der Waals surface area contributed by atoms with Crippen LogP contribution in [0, 0.1) is 11.7 Å². The lowest BCUT2D eigenvalue weighted by atomic mass is 9.95. The van der Waals surface area contributed by atoms with E-state index in [1.807, 2.05) is 0 Å². The lowest BCUT2D eigenvalue weighted by Crippen LogP contribution is -2.24. The first kappa shape index (κ1) is 14.0. The number of benzene rings is 1. The van der Waals surface area contributed by atoms with E-state index in [9.17, 15) is 17.9 Å². The second kappa shape index (κ2) is 5.27. The number of halogens is 2. The summed E-state index contributed by atoms with van der Waals surface area (Å²) in [6.07, 6.45) is -0.195. The van der Waals surface area contributed by atoms with Gasteiger partial charge in [0.1, 0.15) is 5.82 Å². The van der Waals surface area contributed by atoms with Gasteiger partial charge in [0.25, 0.3) is 0 Å². The van der Waals surface area contributed by atoms with E-state index in [0.29, 0.717) is 16.5 Å². The molecule has 1 aromatic rings. The Morgan fingerprint density at radius 2 is 2.22 bits per heavy atom. The first-order chi connectivity index (χ1) is 8.37. The molecular weight excluding hydrogens is 323 g/mol. The molecule has 1 aromatic carbocycles. The molecule has 0 spiro atoms. The van der Waals surface area contributed by atoms with Crippen LogP contribution in [0.1, 0.15) is 12.0 Å². The molecule has 1 heterocycles. The van der Waals surface area contributed by atoms with Gasteiger partial charge in [0.15, 0.2) is 9.84 Å². The summed E-state index contributed by atoms with van der Waals surface area (Å²) in [4.78, 5) is 0. The Bertz CT molecular complexity index is 544. The van der Waals surface area contributed by atoms with E-state index in [1.165, 1.54) is 6.07 Å². The second-order valence-corrected chi connectivity index (χ2v) is 7.81. The van der Waals surface area contributed by atoms with Crippen LogP contribution in [0.2, 0.25) is 0 Å². The lowest BCUT2D eigenvalue weighted by Gasteiger charge is -2.17. The number of sulfone groups is 1. The average molecular weight is 337 g/mol. The Morgan fingerprint density at radius 3 is 2.78 bits per heavy atom. The van der Waals surface area contributed by atoms with Crippen molar-refractivity contribution in [2.45, 2.75) is 18.9 Å². The molecule has 1 aliphatic rings. The van der Waals surface area contributed by atoms with Gasteiger partial charge in [0, 0.05) is 16.8 Å². The van der Waals surface area contributed by atoms with Gasteiger partial charge in [-0.2, -0.15) is 0 Å². The van der Waals surface area contributed by atoms with E-state index in [0.717, 1.165) is 0 Å². The molecule has 18 heavy (non-hydrogen) atoms. The minimum Gasteiger partial charge on any atom is -0.392 e. The summed E-state index contributed by atoms with van der Waals surface area (Å²) in [5.41, 5.74) is 0.412. The van der Waals surface area contributed by atoms with Crippen molar-refractivity contribution < 1.29 is 17.9 Å². The van der Waals surface area contributed by atoms with Crippen molar-refractivity contribution >= 4 is 25.8 Å². The number of aliphatic hydroxyl groups is 1. The van der Waals surface area contributed by atoms with Crippen molar-refractivity contribution in [3.05, 3.63) is 34.1 Å². The first-order valence-electron chi connectivity index (χ1n) is 5.70. The zero-order valence-electron chi connectivity index (χ0n) is 9.64. The standard InChI is InChI=1S/C12H14BrFO3S/c13-10-2-1-8(11(14)6-10)5-12(15)9-3-4-18(16,17)7-9/h1-2,6,9,12,15H,3-5,7H2. The maximum absolute atomic E-state index is 13.6. The van der Waals surface area contributed by atoms with Gasteiger partial charge in [-0.25, -0.2) is 12.8 Å². The summed E-state index contributed by atoms with van der Waals surface area (Å²) in [5, 5.41) is 9.99. The molecule has 2 rings (SSSR count). The third-order valence-corrected chi connectivity index (χ3v) is 5.54. The van der Waals surface area contributed by atoms with Crippen molar-refractivity contribution in [1.29, 1.82) is 0 Å². The molecule has 1 saturated heterocycles. The summed E-state index contributed by atoms with van der Waals surface area (Å²) in [7, 11) is -3.01. The van der Waals surface area contributed by atoms with Crippen LogP contribution in [0.25, 0.3) is 0 Å². The Morgan fingerprint density at radius 1 is 1.50 bits per heavy atom. The van der Waals surface area contributed by atoms with Gasteiger partial charge < -0.3 is 5.11 Å². The SMILES string of the molecule is O=S1(=O)CCC(C(O)Cc2ccc(Br)cc2F)C1. The molecule has 3 nitrogen and oxygen atoms in total. The van der Waals surface area contributed by atoms with Crippen LogP contribution in [0.15, 0.2) is 22.7 Å². The van der Waals surface area contributed by atoms with E-state index >= 15 is 0 Å². The van der Waals surface area contributed by atoms with Gasteiger partial charge in [0.05, 0.1) is 17.6 Å². The van der Waals surface area contributed by atoms with Crippen molar-refractivity contribution in [2.24, 2.45) is 5.92 Å². The quantitative estimate of drug-likeness (QED) is 0.917. The zero-order valence-corrected chi connectivity index (χ0v) is 12.0. The molecule has 6 heteroatoms. The Kier molecular flexibility index (Phi) is 4.08. The molecule has 2 unspecified atom stereocenters. The number of hydrogen-bond acceptors (Lipinski definition) is 3. The normalized spacial score (nSPS) is 24.1. The molecule has 0 aliphatic carbocycles. The molecule has 1 fully saturated rings. The molecule has 0 bridgehead atoms. The van der Waals surface area contributed by atoms with E-state index in [4.69, 9.17) is 0 Å². The monoisotopic (exact) mass is 336 g/mol. The van der Waals surface area contributed by atoms with E-state index in [1.54, 1.807) is 12.1 Å². The van der Waals surface area contributed by atoms with Crippen molar-refractivity contribution in [3.63, 3.8) is 0 Å². The molecule has 0 aromatic heterocycles. The Balaban J connectivity index is 2.05. The van der Waals surface area contributed by atoms with Gasteiger partial charge in [0.2, 0.25) is 0 Å². The van der Waals surface area contributed by atoms with Crippen LogP contribution in [0.3, 0.4) is 0 Å². The molecule has 100 valence electrons.